The summed E-state index contributed by atoms with van der Waals surface area (Å²) in [5, 5.41) is 8.39. The average Bonchev–Trinajstić information content (AvgIpc) is 3.07. The van der Waals surface area contributed by atoms with Crippen LogP contribution in [0.4, 0.5) is 25.2 Å². The summed E-state index contributed by atoms with van der Waals surface area (Å²) >= 11 is 0. The summed E-state index contributed by atoms with van der Waals surface area (Å²) in [6.45, 7) is 8.75. The van der Waals surface area contributed by atoms with Crippen molar-refractivity contribution >= 4 is 55.5 Å². The van der Waals surface area contributed by atoms with Crippen LogP contribution in [0.1, 0.15) is 6.92 Å². The Kier molecular flexibility index (Phi) is 16.5. The number of benzene rings is 6. The summed E-state index contributed by atoms with van der Waals surface area (Å²) in [4.78, 5) is 0. The first kappa shape index (κ1) is 42.8. The van der Waals surface area contributed by atoms with Crippen LogP contribution in [0.3, 0.4) is 0 Å². The molecule has 6 rings (SSSR count). The van der Waals surface area contributed by atoms with Crippen LogP contribution in [0, 0.1) is 6.92 Å². The largest absolute Gasteiger partial charge is 0.100 e. The van der Waals surface area contributed by atoms with Crippen LogP contribution in [0.25, 0.3) is 0 Å². The van der Waals surface area contributed by atoms with Gasteiger partial charge in [-0.2, -0.15) is 0 Å². The van der Waals surface area contributed by atoms with Crippen molar-refractivity contribution in [1.29, 1.82) is 0 Å². The van der Waals surface area contributed by atoms with Crippen LogP contribution in [-0.4, -0.2) is 0 Å². The Morgan fingerprint density at radius 1 is 0.380 bits per heavy atom. The van der Waals surface area contributed by atoms with Crippen molar-refractivity contribution in [2.24, 2.45) is 0 Å². The van der Waals surface area contributed by atoms with Gasteiger partial charge in [-0.25, -0.2) is 0 Å². The molecule has 0 aliphatic carbocycles. The molecule has 0 saturated heterocycles. The van der Waals surface area contributed by atoms with Gasteiger partial charge in [0.25, 0.3) is 0 Å². The number of hydrogen-bond acceptors (Lipinski definition) is 0. The maximum Gasteiger partial charge on any atom is 0 e. The maximum atomic E-state index is 9.87. The van der Waals surface area contributed by atoms with Gasteiger partial charge < -0.3 is 0 Å². The van der Waals surface area contributed by atoms with Crippen LogP contribution in [0.2, 0.25) is 0 Å². The van der Waals surface area contributed by atoms with Crippen LogP contribution in [0.15, 0.2) is 194 Å². The van der Waals surface area contributed by atoms with E-state index in [1.54, 1.807) is 0 Å². The Hall–Kier alpha value is -3.41. The summed E-state index contributed by atoms with van der Waals surface area (Å²) in [6.07, 6.45) is 0. The smallest absolute Gasteiger partial charge is 0 e. The Balaban J connectivity index is 0.000000265. The molecule has 0 aliphatic heterocycles. The van der Waals surface area contributed by atoms with Gasteiger partial charge in [0.2, 0.25) is 0 Å². The van der Waals surface area contributed by atoms with E-state index < -0.39 is 23.7 Å². The van der Waals surface area contributed by atoms with E-state index in [-0.39, 0.29) is 20.4 Å². The van der Waals surface area contributed by atoms with E-state index in [9.17, 15) is 25.2 Å². The minimum Gasteiger partial charge on any atom is -0.100 e. The molecule has 0 bridgehead atoms. The van der Waals surface area contributed by atoms with E-state index in [4.69, 9.17) is 0 Å². The zero-order valence-corrected chi connectivity index (χ0v) is 31.4. The summed E-state index contributed by atoms with van der Waals surface area (Å²) in [6, 6.07) is 64.7. The van der Waals surface area contributed by atoms with Gasteiger partial charge in [-0.15, -0.1) is 6.58 Å². The third kappa shape index (κ3) is 18.0. The minimum atomic E-state index is -10.7. The van der Waals surface area contributed by atoms with Crippen molar-refractivity contribution < 1.29 is 45.6 Å². The van der Waals surface area contributed by atoms with E-state index in [0.29, 0.717) is 0 Å². The Morgan fingerprint density at radius 3 is 0.580 bits per heavy atom. The summed E-state index contributed by atoms with van der Waals surface area (Å²) in [7, 11) is -11.5. The average molecular weight is 831 g/mol. The molecule has 0 nitrogen and oxygen atoms in total. The molecular formula is C40H37F6P3Pd-. The fourth-order valence-electron chi connectivity index (χ4n) is 4.36. The summed E-state index contributed by atoms with van der Waals surface area (Å²) in [5.41, 5.74) is 0.917. The van der Waals surface area contributed by atoms with Crippen LogP contribution in [-0.2, 0) is 20.4 Å². The SMILES string of the molecule is F[P-](F)(F)(F)(F)F.[CH2]C(=C)C.[Pd].c1ccc(P(c2ccccc2)c2ccccc2)cc1.c1ccc(P(c2ccccc2)c2ccccc2)cc1. The van der Waals surface area contributed by atoms with Gasteiger partial charge in [0, 0.05) is 20.4 Å². The van der Waals surface area contributed by atoms with Crippen molar-refractivity contribution in [3.63, 3.8) is 0 Å². The molecule has 50 heavy (non-hydrogen) atoms. The van der Waals surface area contributed by atoms with Crippen molar-refractivity contribution in [3.05, 3.63) is 201 Å². The number of rotatable bonds is 6. The molecular weight excluding hydrogens is 794 g/mol. The van der Waals surface area contributed by atoms with Crippen LogP contribution in [0.5, 0.6) is 0 Å². The van der Waals surface area contributed by atoms with E-state index in [0.717, 1.165) is 5.57 Å². The first-order chi connectivity index (χ1) is 23.1. The molecule has 6 aromatic rings. The maximum absolute atomic E-state index is 10.7. The van der Waals surface area contributed by atoms with Gasteiger partial charge in [0.15, 0.2) is 0 Å². The Bertz CT molecular complexity index is 1490. The molecule has 0 aromatic heterocycles. The van der Waals surface area contributed by atoms with Crippen molar-refractivity contribution in [2.75, 3.05) is 0 Å². The second-order valence-corrected chi connectivity index (χ2v) is 17.0. The molecule has 0 unspecified atom stereocenters. The normalized spacial score (nSPS) is 11.8. The molecule has 0 aliphatic rings. The number of halogens is 6. The zero-order chi connectivity index (χ0) is 35.8. The molecule has 1 radical (unpaired) electrons. The second-order valence-electron chi connectivity index (χ2n) is 10.6. The predicted molar refractivity (Wildman–Crippen MR) is 204 cm³/mol. The fraction of sp³-hybridized carbons (Fsp3) is 0.0250. The van der Waals surface area contributed by atoms with Crippen LogP contribution < -0.4 is 31.8 Å². The quantitative estimate of drug-likeness (QED) is 0.0891. The molecule has 10 heteroatoms. The third-order valence-electron chi connectivity index (χ3n) is 6.09. The van der Waals surface area contributed by atoms with Crippen LogP contribution >= 0.6 is 23.7 Å². The first-order valence-electron chi connectivity index (χ1n) is 15.0. The minimum absolute atomic E-state index is 0. The van der Waals surface area contributed by atoms with E-state index >= 15 is 0 Å². The molecule has 0 saturated carbocycles. The number of hydrogen-bond donors (Lipinski definition) is 0. The van der Waals surface area contributed by atoms with E-state index in [2.05, 4.69) is 195 Å². The van der Waals surface area contributed by atoms with Crippen molar-refractivity contribution in [3.8, 4) is 0 Å². The van der Waals surface area contributed by atoms with Crippen molar-refractivity contribution in [1.82, 2.24) is 0 Å². The van der Waals surface area contributed by atoms with Gasteiger partial charge in [-0.3, -0.25) is 0 Å². The van der Waals surface area contributed by atoms with Gasteiger partial charge in [-0.05, 0) is 61.5 Å². The molecule has 265 valence electrons. The van der Waals surface area contributed by atoms with Gasteiger partial charge in [0.1, 0.15) is 0 Å². The summed E-state index contributed by atoms with van der Waals surface area (Å²) in [5.74, 6) is 0. The van der Waals surface area contributed by atoms with Gasteiger partial charge in [0.05, 0.1) is 0 Å². The first-order valence-corrected chi connectivity index (χ1v) is 19.7. The molecule has 6 aromatic carbocycles. The molecule has 0 atom stereocenters. The predicted octanol–water partition coefficient (Wildman–Crippen LogP) is 11.7. The molecule has 0 heterocycles. The van der Waals surface area contributed by atoms with E-state index in [1.807, 2.05) is 6.92 Å². The summed E-state index contributed by atoms with van der Waals surface area (Å²) < 4.78 is 59.2. The third-order valence-corrected chi connectivity index (χ3v) is 11.0. The topological polar surface area (TPSA) is 0 Å². The zero-order valence-electron chi connectivity index (χ0n) is 27.2. The fourth-order valence-corrected chi connectivity index (χ4v) is 8.97. The van der Waals surface area contributed by atoms with Crippen molar-refractivity contribution in [2.45, 2.75) is 6.92 Å². The Morgan fingerprint density at radius 2 is 0.480 bits per heavy atom. The molecule has 0 amide bonds. The Labute approximate surface area is 307 Å². The number of allylic oxidation sites excluding steroid dienone is 1. The van der Waals surface area contributed by atoms with Gasteiger partial charge >= 0.3 is 33.0 Å². The molecule has 0 spiro atoms. The second kappa shape index (κ2) is 19.3. The van der Waals surface area contributed by atoms with Gasteiger partial charge in [-0.1, -0.05) is 188 Å². The standard InChI is InChI=1S/2C18H15P.C4H7.F6P.Pd/c2*1-4-10-16(11-5-1)19(17-12-6-2-7-13-17)18-14-8-3-9-15-18;1-4(2)3;1-7(2,3,4,5)6;/h2*1-15H;1-2H2,3H3;;/q;;;-1;. The molecule has 0 N–H and O–H groups in total. The molecule has 0 fully saturated rings. The van der Waals surface area contributed by atoms with E-state index in [1.165, 1.54) is 31.8 Å². The monoisotopic (exact) mass is 830 g/mol.